The van der Waals surface area contributed by atoms with Crippen molar-refractivity contribution in [2.75, 3.05) is 26.4 Å². The number of ether oxygens (including phenoxy) is 5. The summed E-state index contributed by atoms with van der Waals surface area (Å²) < 4.78 is 29.1. The van der Waals surface area contributed by atoms with Crippen LogP contribution in [0, 0.1) is 0 Å². The third-order valence-electron chi connectivity index (χ3n) is 4.83. The van der Waals surface area contributed by atoms with Crippen LogP contribution in [0.15, 0.2) is 0 Å². The average molecular weight is 286 g/mol. The molecule has 0 bridgehead atoms. The first kappa shape index (κ1) is 13.4. The second kappa shape index (κ2) is 4.90. The summed E-state index contributed by atoms with van der Waals surface area (Å²) in [6.07, 6.45) is 3.78. The lowest BCUT2D eigenvalue weighted by Crippen LogP contribution is -2.64. The fourth-order valence-electron chi connectivity index (χ4n) is 3.76. The largest absolute Gasteiger partial charge is 0.385 e. The second-order valence-corrected chi connectivity index (χ2v) is 6.18. The van der Waals surface area contributed by atoms with Gasteiger partial charge in [0.1, 0.15) is 24.9 Å². The van der Waals surface area contributed by atoms with E-state index in [4.69, 9.17) is 23.7 Å². The zero-order valence-electron chi connectivity index (χ0n) is 11.6. The standard InChI is InChI=1S/C14H22O6/c15-12-11-10(8-18-14(12)9-16-6-7-17-14)19-13(20-11)4-2-1-3-5-13/h10-12,15H,1-9H2/t10-,11-,12+,14-/m1/s1. The summed E-state index contributed by atoms with van der Waals surface area (Å²) in [5.74, 6) is -1.60. The van der Waals surface area contributed by atoms with Crippen LogP contribution >= 0.6 is 0 Å². The zero-order chi connectivity index (χ0) is 13.6. The molecule has 1 saturated carbocycles. The van der Waals surface area contributed by atoms with Gasteiger partial charge in [0.2, 0.25) is 5.79 Å². The maximum Gasteiger partial charge on any atom is 0.221 e. The fourth-order valence-corrected chi connectivity index (χ4v) is 3.76. The Morgan fingerprint density at radius 2 is 1.80 bits per heavy atom. The van der Waals surface area contributed by atoms with E-state index in [1.165, 1.54) is 6.42 Å². The van der Waals surface area contributed by atoms with Gasteiger partial charge in [-0.1, -0.05) is 6.42 Å². The molecular weight excluding hydrogens is 264 g/mol. The molecule has 0 aromatic rings. The van der Waals surface area contributed by atoms with Crippen molar-refractivity contribution in [1.29, 1.82) is 0 Å². The molecule has 3 heterocycles. The van der Waals surface area contributed by atoms with Crippen molar-refractivity contribution in [3.8, 4) is 0 Å². The van der Waals surface area contributed by atoms with Crippen LogP contribution in [-0.2, 0) is 23.7 Å². The van der Waals surface area contributed by atoms with Crippen molar-refractivity contribution in [2.24, 2.45) is 0 Å². The Morgan fingerprint density at radius 1 is 0.950 bits per heavy atom. The van der Waals surface area contributed by atoms with Crippen LogP contribution in [0.2, 0.25) is 0 Å². The molecular formula is C14H22O6. The lowest BCUT2D eigenvalue weighted by atomic mass is 9.94. The number of hydrogen-bond donors (Lipinski definition) is 1. The molecule has 20 heavy (non-hydrogen) atoms. The molecule has 6 nitrogen and oxygen atoms in total. The maximum atomic E-state index is 10.6. The number of rotatable bonds is 0. The fraction of sp³-hybridized carbons (Fsp3) is 1.00. The number of aliphatic hydroxyl groups is 1. The zero-order valence-corrected chi connectivity index (χ0v) is 11.6. The van der Waals surface area contributed by atoms with Crippen LogP contribution in [0.25, 0.3) is 0 Å². The van der Waals surface area contributed by atoms with Crippen LogP contribution in [-0.4, -0.2) is 61.4 Å². The molecule has 1 N–H and O–H groups in total. The second-order valence-electron chi connectivity index (χ2n) is 6.18. The van der Waals surface area contributed by atoms with Crippen molar-refractivity contribution in [3.05, 3.63) is 0 Å². The van der Waals surface area contributed by atoms with Crippen LogP contribution in [0.5, 0.6) is 0 Å². The van der Waals surface area contributed by atoms with Crippen molar-refractivity contribution < 1.29 is 28.8 Å². The molecule has 4 fully saturated rings. The number of hydrogen-bond acceptors (Lipinski definition) is 6. The molecule has 3 saturated heterocycles. The van der Waals surface area contributed by atoms with E-state index >= 15 is 0 Å². The summed E-state index contributed by atoms with van der Waals surface area (Å²) in [4.78, 5) is 0. The Labute approximate surface area is 118 Å². The molecule has 1 aliphatic carbocycles. The molecule has 0 amide bonds. The van der Waals surface area contributed by atoms with Gasteiger partial charge in [0.25, 0.3) is 0 Å². The highest BCUT2D eigenvalue weighted by Gasteiger charge is 2.60. The molecule has 0 radical (unpaired) electrons. The van der Waals surface area contributed by atoms with Gasteiger partial charge < -0.3 is 28.8 Å². The van der Waals surface area contributed by atoms with E-state index in [1.54, 1.807) is 0 Å². The minimum atomic E-state index is -1.08. The van der Waals surface area contributed by atoms with Gasteiger partial charge in [0.05, 0.1) is 19.8 Å². The highest BCUT2D eigenvalue weighted by atomic mass is 16.8. The van der Waals surface area contributed by atoms with Gasteiger partial charge in [-0.05, 0) is 12.8 Å². The van der Waals surface area contributed by atoms with Gasteiger partial charge in [-0.15, -0.1) is 0 Å². The average Bonchev–Trinajstić information content (AvgIpc) is 2.84. The predicted octanol–water partition coefficient (Wildman–Crippen LogP) is 0.565. The molecule has 0 unspecified atom stereocenters. The first-order valence-electron chi connectivity index (χ1n) is 7.63. The SMILES string of the molecule is O[C@H]1[C@@H]2OC3(CCCCC3)O[C@@H]2CO[C@]12COCCO2. The Balaban J connectivity index is 1.53. The first-order chi connectivity index (χ1) is 9.73. The number of aliphatic hydroxyl groups excluding tert-OH is 1. The summed E-state index contributed by atoms with van der Waals surface area (Å²) >= 11 is 0. The summed E-state index contributed by atoms with van der Waals surface area (Å²) in [6.45, 7) is 1.59. The van der Waals surface area contributed by atoms with Crippen molar-refractivity contribution in [1.82, 2.24) is 0 Å². The van der Waals surface area contributed by atoms with Gasteiger partial charge in [0, 0.05) is 12.8 Å². The topological polar surface area (TPSA) is 66.4 Å². The van der Waals surface area contributed by atoms with Crippen LogP contribution in [0.4, 0.5) is 0 Å². The van der Waals surface area contributed by atoms with Gasteiger partial charge in [-0.2, -0.15) is 0 Å². The summed E-state index contributed by atoms with van der Waals surface area (Å²) in [6, 6.07) is 0. The van der Waals surface area contributed by atoms with Crippen molar-refractivity contribution >= 4 is 0 Å². The lowest BCUT2D eigenvalue weighted by Gasteiger charge is -2.45. The van der Waals surface area contributed by atoms with Crippen LogP contribution in [0.1, 0.15) is 32.1 Å². The van der Waals surface area contributed by atoms with E-state index in [2.05, 4.69) is 0 Å². The van der Waals surface area contributed by atoms with E-state index in [9.17, 15) is 5.11 Å². The molecule has 0 aromatic heterocycles. The third-order valence-corrected chi connectivity index (χ3v) is 4.83. The molecule has 4 rings (SSSR count). The molecule has 0 aromatic carbocycles. The van der Waals surface area contributed by atoms with Crippen molar-refractivity contribution in [2.45, 2.75) is 62.0 Å². The number of fused-ring (bicyclic) bond motifs is 1. The maximum absolute atomic E-state index is 10.6. The summed E-state index contributed by atoms with van der Waals surface area (Å²) in [7, 11) is 0. The first-order valence-corrected chi connectivity index (χ1v) is 7.63. The highest BCUT2D eigenvalue weighted by molar-refractivity contribution is 5.00. The Morgan fingerprint density at radius 3 is 2.55 bits per heavy atom. The van der Waals surface area contributed by atoms with Crippen LogP contribution < -0.4 is 0 Å². The Hall–Kier alpha value is -0.240. The van der Waals surface area contributed by atoms with E-state index in [1.807, 2.05) is 0 Å². The van der Waals surface area contributed by atoms with E-state index in [0.717, 1.165) is 25.7 Å². The van der Waals surface area contributed by atoms with Gasteiger partial charge >= 0.3 is 0 Å². The Kier molecular flexibility index (Phi) is 3.29. The molecule has 114 valence electrons. The smallest absolute Gasteiger partial charge is 0.221 e. The van der Waals surface area contributed by atoms with Gasteiger partial charge in [-0.25, -0.2) is 0 Å². The van der Waals surface area contributed by atoms with E-state index in [-0.39, 0.29) is 18.8 Å². The predicted molar refractivity (Wildman–Crippen MR) is 67.0 cm³/mol. The minimum Gasteiger partial charge on any atom is -0.385 e. The molecule has 6 heteroatoms. The molecule has 4 atom stereocenters. The molecule has 4 aliphatic rings. The monoisotopic (exact) mass is 286 g/mol. The van der Waals surface area contributed by atoms with Gasteiger partial charge in [0.15, 0.2) is 5.79 Å². The normalized spacial score (nSPS) is 47.5. The van der Waals surface area contributed by atoms with E-state index in [0.29, 0.717) is 19.8 Å². The van der Waals surface area contributed by atoms with Crippen LogP contribution in [0.3, 0.4) is 0 Å². The van der Waals surface area contributed by atoms with Crippen molar-refractivity contribution in [3.63, 3.8) is 0 Å². The quantitative estimate of drug-likeness (QED) is 0.702. The summed E-state index contributed by atoms with van der Waals surface area (Å²) in [5.41, 5.74) is 0. The minimum absolute atomic E-state index is 0.209. The lowest BCUT2D eigenvalue weighted by molar-refractivity contribution is -0.361. The van der Waals surface area contributed by atoms with Gasteiger partial charge in [-0.3, -0.25) is 0 Å². The third kappa shape index (κ3) is 2.01. The molecule has 2 spiro atoms. The Bertz CT molecular complexity index is 361. The highest BCUT2D eigenvalue weighted by Crippen LogP contribution is 2.45. The summed E-state index contributed by atoms with van der Waals surface area (Å²) in [5, 5.41) is 10.6. The van der Waals surface area contributed by atoms with E-state index < -0.39 is 17.7 Å². The molecule has 3 aliphatic heterocycles.